The molecule has 3 rings (SSSR count). The first-order chi connectivity index (χ1) is 7.84. The Balaban J connectivity index is 1.86. The topological polar surface area (TPSA) is 53.6 Å². The molecule has 0 radical (unpaired) electrons. The van der Waals surface area contributed by atoms with Crippen LogP contribution in [0.5, 0.6) is 0 Å². The van der Waals surface area contributed by atoms with E-state index in [4.69, 9.17) is 4.98 Å². The van der Waals surface area contributed by atoms with Crippen molar-refractivity contribution in [3.8, 4) is 0 Å². The predicted molar refractivity (Wildman–Crippen MR) is 62.4 cm³/mol. The van der Waals surface area contributed by atoms with Crippen LogP contribution in [0.3, 0.4) is 0 Å². The van der Waals surface area contributed by atoms with Crippen LogP contribution < -0.4 is 5.32 Å². The lowest BCUT2D eigenvalue weighted by atomic mass is 9.76. The molecule has 1 aliphatic carbocycles. The number of aromatic amines is 1. The molecule has 1 saturated heterocycles. The maximum Gasteiger partial charge on any atom is 0.156 e. The lowest BCUT2D eigenvalue weighted by Gasteiger charge is -2.34. The van der Waals surface area contributed by atoms with Gasteiger partial charge in [-0.2, -0.15) is 5.10 Å². The van der Waals surface area contributed by atoms with Crippen molar-refractivity contribution in [3.05, 3.63) is 11.6 Å². The van der Waals surface area contributed by atoms with Crippen LogP contribution in [-0.4, -0.2) is 28.3 Å². The minimum atomic E-state index is 0.231. The Bertz CT molecular complexity index is 361. The van der Waals surface area contributed by atoms with Crippen molar-refractivity contribution in [2.45, 2.75) is 50.4 Å². The predicted octanol–water partition coefficient (Wildman–Crippen LogP) is 1.71. The van der Waals surface area contributed by atoms with Gasteiger partial charge in [-0.15, -0.1) is 0 Å². The van der Waals surface area contributed by atoms with E-state index in [9.17, 15) is 0 Å². The highest BCUT2D eigenvalue weighted by Crippen LogP contribution is 2.40. The van der Waals surface area contributed by atoms with Gasteiger partial charge >= 0.3 is 0 Å². The van der Waals surface area contributed by atoms with Gasteiger partial charge in [-0.1, -0.05) is 6.92 Å². The summed E-state index contributed by atoms with van der Waals surface area (Å²) in [5.74, 6) is 2.87. The molecule has 1 saturated carbocycles. The van der Waals surface area contributed by atoms with Crippen molar-refractivity contribution in [1.29, 1.82) is 0 Å². The van der Waals surface area contributed by atoms with Gasteiger partial charge in [-0.25, -0.2) is 4.98 Å². The number of hydrogen-bond acceptors (Lipinski definition) is 3. The van der Waals surface area contributed by atoms with Gasteiger partial charge in [0.1, 0.15) is 5.82 Å². The number of aromatic nitrogens is 3. The van der Waals surface area contributed by atoms with E-state index in [1.165, 1.54) is 25.7 Å². The summed E-state index contributed by atoms with van der Waals surface area (Å²) < 4.78 is 0. The van der Waals surface area contributed by atoms with Crippen molar-refractivity contribution >= 4 is 0 Å². The van der Waals surface area contributed by atoms with Crippen LogP contribution in [0.1, 0.15) is 56.6 Å². The average Bonchev–Trinajstić information content (AvgIpc) is 3.08. The Morgan fingerprint density at radius 3 is 2.69 bits per heavy atom. The average molecular weight is 220 g/mol. The molecule has 2 fully saturated rings. The molecule has 4 nitrogen and oxygen atoms in total. The van der Waals surface area contributed by atoms with Gasteiger partial charge in [0.2, 0.25) is 0 Å². The summed E-state index contributed by atoms with van der Waals surface area (Å²) in [7, 11) is 0. The molecule has 1 aromatic rings. The Morgan fingerprint density at radius 1 is 1.31 bits per heavy atom. The SMILES string of the molecule is CCC1(c2n[nH]c(C3CC3)n2)CCNCC1. The van der Waals surface area contributed by atoms with Gasteiger partial charge in [0, 0.05) is 11.3 Å². The van der Waals surface area contributed by atoms with Crippen LogP contribution in [0.2, 0.25) is 0 Å². The van der Waals surface area contributed by atoms with Gasteiger partial charge in [0.05, 0.1) is 0 Å². The van der Waals surface area contributed by atoms with Crippen molar-refractivity contribution in [3.63, 3.8) is 0 Å². The molecule has 0 atom stereocenters. The zero-order valence-electron chi connectivity index (χ0n) is 9.92. The molecular formula is C12H20N4. The summed E-state index contributed by atoms with van der Waals surface area (Å²) in [5, 5.41) is 11.0. The summed E-state index contributed by atoms with van der Waals surface area (Å²) in [6.07, 6.45) is 6.07. The Morgan fingerprint density at radius 2 is 2.06 bits per heavy atom. The molecule has 2 N–H and O–H groups in total. The Labute approximate surface area is 96.2 Å². The first-order valence-corrected chi connectivity index (χ1v) is 6.47. The van der Waals surface area contributed by atoms with Crippen molar-refractivity contribution < 1.29 is 0 Å². The van der Waals surface area contributed by atoms with Gasteiger partial charge in [0.15, 0.2) is 5.82 Å². The second-order valence-electron chi connectivity index (χ2n) is 5.20. The number of nitrogens with one attached hydrogen (secondary N) is 2. The quantitative estimate of drug-likeness (QED) is 0.815. The Hall–Kier alpha value is -0.900. The molecule has 2 heterocycles. The normalized spacial score (nSPS) is 24.6. The van der Waals surface area contributed by atoms with Crippen molar-refractivity contribution in [1.82, 2.24) is 20.5 Å². The van der Waals surface area contributed by atoms with Crippen molar-refractivity contribution in [2.24, 2.45) is 0 Å². The molecule has 1 aliphatic heterocycles. The molecule has 0 amide bonds. The Kier molecular flexibility index (Phi) is 2.46. The molecule has 1 aromatic heterocycles. The van der Waals surface area contributed by atoms with E-state index in [1.807, 2.05) is 0 Å². The highest BCUT2D eigenvalue weighted by Gasteiger charge is 2.37. The molecule has 0 aromatic carbocycles. The summed E-state index contributed by atoms with van der Waals surface area (Å²) in [5.41, 5.74) is 0.231. The van der Waals surface area contributed by atoms with E-state index in [-0.39, 0.29) is 5.41 Å². The monoisotopic (exact) mass is 220 g/mol. The molecule has 4 heteroatoms. The third-order valence-electron chi connectivity index (χ3n) is 4.18. The smallest absolute Gasteiger partial charge is 0.156 e. The van der Waals surface area contributed by atoms with Gasteiger partial charge < -0.3 is 5.32 Å². The second-order valence-corrected chi connectivity index (χ2v) is 5.20. The largest absolute Gasteiger partial charge is 0.317 e. The van der Waals surface area contributed by atoms with Crippen molar-refractivity contribution in [2.75, 3.05) is 13.1 Å². The zero-order valence-corrected chi connectivity index (χ0v) is 9.92. The fourth-order valence-corrected chi connectivity index (χ4v) is 2.69. The molecular weight excluding hydrogens is 200 g/mol. The van der Waals surface area contributed by atoms with Crippen LogP contribution in [-0.2, 0) is 5.41 Å². The summed E-state index contributed by atoms with van der Waals surface area (Å²) in [4.78, 5) is 4.74. The third-order valence-corrected chi connectivity index (χ3v) is 4.18. The van der Waals surface area contributed by atoms with E-state index in [0.29, 0.717) is 5.92 Å². The summed E-state index contributed by atoms with van der Waals surface area (Å²) in [6, 6.07) is 0. The molecule has 0 spiro atoms. The lowest BCUT2D eigenvalue weighted by Crippen LogP contribution is -2.40. The van der Waals surface area contributed by atoms with Crippen LogP contribution in [0, 0.1) is 0 Å². The van der Waals surface area contributed by atoms with Crippen LogP contribution in [0.25, 0.3) is 0 Å². The highest BCUT2D eigenvalue weighted by molar-refractivity contribution is 5.13. The number of nitrogens with zero attached hydrogens (tertiary/aromatic N) is 2. The minimum absolute atomic E-state index is 0.231. The maximum absolute atomic E-state index is 4.74. The van der Waals surface area contributed by atoms with E-state index >= 15 is 0 Å². The lowest BCUT2D eigenvalue weighted by molar-refractivity contribution is 0.283. The van der Waals surface area contributed by atoms with Gasteiger partial charge in [-0.05, 0) is 45.2 Å². The van der Waals surface area contributed by atoms with Gasteiger partial charge in [-0.3, -0.25) is 5.10 Å². The van der Waals surface area contributed by atoms with Gasteiger partial charge in [0.25, 0.3) is 0 Å². The number of piperidine rings is 1. The van der Waals surface area contributed by atoms with Crippen LogP contribution in [0.15, 0.2) is 0 Å². The summed E-state index contributed by atoms with van der Waals surface area (Å²) >= 11 is 0. The third kappa shape index (κ3) is 1.65. The van der Waals surface area contributed by atoms with E-state index in [0.717, 1.165) is 31.2 Å². The van der Waals surface area contributed by atoms with Crippen LogP contribution in [0.4, 0.5) is 0 Å². The fraction of sp³-hybridized carbons (Fsp3) is 0.833. The number of H-pyrrole nitrogens is 1. The zero-order chi connectivity index (χ0) is 11.0. The van der Waals surface area contributed by atoms with E-state index < -0.39 is 0 Å². The molecule has 0 bridgehead atoms. The first kappa shape index (κ1) is 10.3. The second kappa shape index (κ2) is 3.84. The van der Waals surface area contributed by atoms with Crippen LogP contribution >= 0.6 is 0 Å². The number of hydrogen-bond donors (Lipinski definition) is 2. The standard InChI is InChI=1S/C12H20N4/c1-2-12(5-7-13-8-6-12)11-14-10(15-16-11)9-3-4-9/h9,13H,2-8H2,1H3,(H,14,15,16). The van der Waals surface area contributed by atoms with E-state index in [1.54, 1.807) is 0 Å². The number of rotatable bonds is 3. The summed E-state index contributed by atoms with van der Waals surface area (Å²) in [6.45, 7) is 4.46. The molecule has 16 heavy (non-hydrogen) atoms. The highest BCUT2D eigenvalue weighted by atomic mass is 15.2. The minimum Gasteiger partial charge on any atom is -0.317 e. The molecule has 0 unspecified atom stereocenters. The maximum atomic E-state index is 4.74. The van der Waals surface area contributed by atoms with E-state index in [2.05, 4.69) is 22.4 Å². The molecule has 88 valence electrons. The first-order valence-electron chi connectivity index (χ1n) is 6.47. The fourth-order valence-electron chi connectivity index (χ4n) is 2.69. The molecule has 2 aliphatic rings.